The third kappa shape index (κ3) is 5.04. The molecule has 0 saturated carbocycles. The third-order valence-corrected chi connectivity index (χ3v) is 4.43. The normalized spacial score (nSPS) is 16.8. The molecule has 0 aliphatic carbocycles. The van der Waals surface area contributed by atoms with Crippen LogP contribution in [0.3, 0.4) is 0 Å². The summed E-state index contributed by atoms with van der Waals surface area (Å²) >= 11 is 0. The Bertz CT molecular complexity index is 693. The fourth-order valence-corrected chi connectivity index (χ4v) is 2.99. The zero-order valence-corrected chi connectivity index (χ0v) is 14.8. The fourth-order valence-electron chi connectivity index (χ4n) is 2.43. The predicted molar refractivity (Wildman–Crippen MR) is 92.3 cm³/mol. The average molecular weight is 382 g/mol. The smallest absolute Gasteiger partial charge is 0.232 e. The molecule has 2 rings (SSSR count). The minimum absolute atomic E-state index is 0. The number of carbonyl (C=O) groups excluding carboxylic acids is 1. The van der Waals surface area contributed by atoms with Crippen molar-refractivity contribution in [3.63, 3.8) is 0 Å². The first-order valence-corrected chi connectivity index (χ1v) is 9.01. The molecular weight excluding hydrogens is 361 g/mol. The van der Waals surface area contributed by atoms with Crippen LogP contribution in [0.5, 0.6) is 0 Å². The molecule has 7 nitrogen and oxygen atoms in total. The highest BCUT2D eigenvalue weighted by molar-refractivity contribution is 7.92. The van der Waals surface area contributed by atoms with Crippen molar-refractivity contribution in [2.24, 2.45) is 11.1 Å². The summed E-state index contributed by atoms with van der Waals surface area (Å²) in [5.74, 6) is -1.01. The van der Waals surface area contributed by atoms with Gasteiger partial charge in [0.2, 0.25) is 15.9 Å². The lowest BCUT2D eigenvalue weighted by atomic mass is 9.79. The Morgan fingerprint density at radius 2 is 2.00 bits per heavy atom. The molecule has 0 unspecified atom stereocenters. The maximum absolute atomic E-state index is 13.7. The van der Waals surface area contributed by atoms with Gasteiger partial charge in [-0.25, -0.2) is 12.8 Å². The summed E-state index contributed by atoms with van der Waals surface area (Å²) in [4.78, 5) is 12.5. The first-order valence-electron chi connectivity index (χ1n) is 7.12. The van der Waals surface area contributed by atoms with Crippen LogP contribution >= 0.6 is 12.4 Å². The second-order valence-electron chi connectivity index (χ2n) is 5.62. The second-order valence-corrected chi connectivity index (χ2v) is 7.37. The summed E-state index contributed by atoms with van der Waals surface area (Å²) in [5, 5.41) is 2.68. The van der Waals surface area contributed by atoms with Crippen molar-refractivity contribution in [1.82, 2.24) is 0 Å². The van der Waals surface area contributed by atoms with Crippen LogP contribution in [0, 0.1) is 11.2 Å². The number of hydrogen-bond donors (Lipinski definition) is 3. The molecule has 0 bridgehead atoms. The van der Waals surface area contributed by atoms with E-state index in [-0.39, 0.29) is 30.5 Å². The van der Waals surface area contributed by atoms with Crippen molar-refractivity contribution >= 4 is 39.7 Å². The molecule has 1 heterocycles. The molecule has 0 atom stereocenters. The van der Waals surface area contributed by atoms with Gasteiger partial charge < -0.3 is 15.8 Å². The number of halogens is 2. The van der Waals surface area contributed by atoms with Gasteiger partial charge in [0, 0.05) is 25.4 Å². The number of ether oxygens (including phenoxy) is 1. The molecule has 1 aliphatic heterocycles. The molecule has 24 heavy (non-hydrogen) atoms. The largest absolute Gasteiger partial charge is 0.381 e. The minimum Gasteiger partial charge on any atom is -0.381 e. The number of nitrogens with two attached hydrogens (primary N) is 1. The Labute approximate surface area is 146 Å². The first kappa shape index (κ1) is 20.6. The third-order valence-electron chi connectivity index (χ3n) is 3.84. The zero-order chi connectivity index (χ0) is 17.1. The molecule has 0 radical (unpaired) electrons. The maximum Gasteiger partial charge on any atom is 0.232 e. The van der Waals surface area contributed by atoms with Gasteiger partial charge in [-0.15, -0.1) is 12.4 Å². The first-order chi connectivity index (χ1) is 10.8. The van der Waals surface area contributed by atoms with E-state index in [1.807, 2.05) is 0 Å². The minimum atomic E-state index is -3.62. The number of rotatable bonds is 5. The quantitative estimate of drug-likeness (QED) is 0.712. The van der Waals surface area contributed by atoms with Crippen molar-refractivity contribution in [2.45, 2.75) is 12.8 Å². The van der Waals surface area contributed by atoms with Gasteiger partial charge in [-0.1, -0.05) is 0 Å². The summed E-state index contributed by atoms with van der Waals surface area (Å²) in [7, 11) is -3.62. The lowest BCUT2D eigenvalue weighted by molar-refractivity contribution is -0.130. The molecule has 0 aromatic heterocycles. The van der Waals surface area contributed by atoms with Crippen LogP contribution in [0.15, 0.2) is 18.2 Å². The maximum atomic E-state index is 13.7. The van der Waals surface area contributed by atoms with E-state index < -0.39 is 21.3 Å². The molecule has 1 amide bonds. The van der Waals surface area contributed by atoms with Gasteiger partial charge in [-0.3, -0.25) is 9.52 Å². The Balaban J connectivity index is 0.00000288. The number of carbonyl (C=O) groups is 1. The Kier molecular flexibility index (Phi) is 6.97. The predicted octanol–water partition coefficient (Wildman–Crippen LogP) is 1.31. The van der Waals surface area contributed by atoms with Gasteiger partial charge in [0.05, 0.1) is 17.4 Å². The summed E-state index contributed by atoms with van der Waals surface area (Å²) in [5.41, 5.74) is 5.11. The number of benzene rings is 1. The van der Waals surface area contributed by atoms with Crippen molar-refractivity contribution in [3.8, 4) is 0 Å². The number of nitrogens with one attached hydrogen (secondary N) is 2. The number of hydrogen-bond acceptors (Lipinski definition) is 5. The monoisotopic (exact) mass is 381 g/mol. The molecule has 1 fully saturated rings. The van der Waals surface area contributed by atoms with Crippen LogP contribution in [-0.4, -0.2) is 40.3 Å². The molecule has 10 heteroatoms. The SMILES string of the molecule is CS(=O)(=O)Nc1cc(NC(=O)C2(CN)CCOCC2)ccc1F.Cl. The van der Waals surface area contributed by atoms with Gasteiger partial charge in [-0.05, 0) is 31.0 Å². The second kappa shape index (κ2) is 8.11. The van der Waals surface area contributed by atoms with Gasteiger partial charge in [0.1, 0.15) is 5.82 Å². The molecule has 1 aliphatic rings. The molecule has 1 saturated heterocycles. The van der Waals surface area contributed by atoms with Crippen molar-refractivity contribution in [3.05, 3.63) is 24.0 Å². The molecular formula is C14H21ClFN3O4S. The molecule has 0 spiro atoms. The van der Waals surface area contributed by atoms with E-state index in [1.165, 1.54) is 12.1 Å². The van der Waals surface area contributed by atoms with Crippen LogP contribution in [-0.2, 0) is 19.6 Å². The highest BCUT2D eigenvalue weighted by Gasteiger charge is 2.38. The number of anilines is 2. The summed E-state index contributed by atoms with van der Waals surface area (Å²) in [6.45, 7) is 1.08. The average Bonchev–Trinajstić information content (AvgIpc) is 2.50. The Morgan fingerprint density at radius 3 is 2.54 bits per heavy atom. The highest BCUT2D eigenvalue weighted by atomic mass is 35.5. The molecule has 136 valence electrons. The van der Waals surface area contributed by atoms with Crippen LogP contribution in [0.1, 0.15) is 12.8 Å². The van der Waals surface area contributed by atoms with E-state index in [4.69, 9.17) is 10.5 Å². The topological polar surface area (TPSA) is 111 Å². The van der Waals surface area contributed by atoms with Gasteiger partial charge in [-0.2, -0.15) is 0 Å². The molecule has 1 aromatic carbocycles. The fraction of sp³-hybridized carbons (Fsp3) is 0.500. The van der Waals surface area contributed by atoms with Crippen LogP contribution in [0.25, 0.3) is 0 Å². The lowest BCUT2D eigenvalue weighted by Gasteiger charge is -2.34. The van der Waals surface area contributed by atoms with Gasteiger partial charge >= 0.3 is 0 Å². The lowest BCUT2D eigenvalue weighted by Crippen LogP contribution is -2.46. The van der Waals surface area contributed by atoms with E-state index in [0.717, 1.165) is 12.3 Å². The van der Waals surface area contributed by atoms with E-state index in [1.54, 1.807) is 0 Å². The summed E-state index contributed by atoms with van der Waals surface area (Å²) in [6.07, 6.45) is 1.93. The zero-order valence-electron chi connectivity index (χ0n) is 13.2. The van der Waals surface area contributed by atoms with Crippen molar-refractivity contribution < 1.29 is 22.3 Å². The van der Waals surface area contributed by atoms with Crippen LogP contribution in [0.4, 0.5) is 15.8 Å². The van der Waals surface area contributed by atoms with Crippen molar-refractivity contribution in [1.29, 1.82) is 0 Å². The standard InChI is InChI=1S/C14H20FN3O4S.ClH/c1-23(20,21)18-12-8-10(2-3-11(12)15)17-13(19)14(9-16)4-6-22-7-5-14;/h2-3,8,18H,4-7,9,16H2,1H3,(H,17,19);1H. The van der Waals surface area contributed by atoms with E-state index in [0.29, 0.717) is 31.7 Å². The van der Waals surface area contributed by atoms with E-state index in [2.05, 4.69) is 10.0 Å². The summed E-state index contributed by atoms with van der Waals surface area (Å²) in [6, 6.07) is 3.68. The van der Waals surface area contributed by atoms with E-state index in [9.17, 15) is 17.6 Å². The van der Waals surface area contributed by atoms with E-state index >= 15 is 0 Å². The molecule has 4 N–H and O–H groups in total. The Hall–Kier alpha value is -1.42. The molecule has 1 aromatic rings. The summed E-state index contributed by atoms with van der Waals surface area (Å²) < 4.78 is 43.5. The Morgan fingerprint density at radius 1 is 1.38 bits per heavy atom. The van der Waals surface area contributed by atoms with Gasteiger partial charge in [0.15, 0.2) is 0 Å². The van der Waals surface area contributed by atoms with Crippen molar-refractivity contribution in [2.75, 3.05) is 36.1 Å². The van der Waals surface area contributed by atoms with Crippen LogP contribution in [0.2, 0.25) is 0 Å². The number of sulfonamides is 1. The highest BCUT2D eigenvalue weighted by Crippen LogP contribution is 2.31. The van der Waals surface area contributed by atoms with Crippen LogP contribution < -0.4 is 15.8 Å². The number of amides is 1. The van der Waals surface area contributed by atoms with Gasteiger partial charge in [0.25, 0.3) is 0 Å².